The number of ketones is 1. The number of alkyl halides is 3. The molecule has 0 fully saturated rings. The smallest absolute Gasteiger partial charge is 0.293 e. The monoisotopic (exact) mass is 358 g/mol. The molecule has 124 valence electrons. The minimum absolute atomic E-state index is 0.0359. The van der Waals surface area contributed by atoms with Gasteiger partial charge < -0.3 is 0 Å². The van der Waals surface area contributed by atoms with Gasteiger partial charge in [0.2, 0.25) is 0 Å². The predicted octanol–water partition coefficient (Wildman–Crippen LogP) is 1.95. The Morgan fingerprint density at radius 3 is 1.86 bits per heavy atom. The summed E-state index contributed by atoms with van der Waals surface area (Å²) in [5.41, 5.74) is -5.77. The van der Waals surface area contributed by atoms with Gasteiger partial charge in [0.1, 0.15) is 5.75 Å². The van der Waals surface area contributed by atoms with Crippen molar-refractivity contribution in [1.29, 1.82) is 0 Å². The largest absolute Gasteiger partial charge is 0.498 e. The van der Waals surface area contributed by atoms with E-state index in [-0.39, 0.29) is 5.56 Å². The maximum absolute atomic E-state index is 12.6. The molecule has 22 heavy (non-hydrogen) atoms. The van der Waals surface area contributed by atoms with Crippen LogP contribution < -0.4 is 0 Å². The summed E-state index contributed by atoms with van der Waals surface area (Å²) in [4.78, 5) is 11.8. The van der Waals surface area contributed by atoms with Crippen molar-refractivity contribution < 1.29 is 34.8 Å². The van der Waals surface area contributed by atoms with Crippen molar-refractivity contribution in [1.82, 2.24) is 0 Å². The third kappa shape index (κ3) is 3.17. The third-order valence-corrected chi connectivity index (χ3v) is 8.58. The quantitative estimate of drug-likeness (QED) is 0.751. The number of hydrogen-bond donors (Lipinski definition) is 0. The number of Topliss-reactive ketones (excluding diaryl/α,β-unsaturated/α-hetero) is 1. The van der Waals surface area contributed by atoms with Gasteiger partial charge in [0.05, 0.1) is 0 Å². The van der Waals surface area contributed by atoms with Gasteiger partial charge in [-0.3, -0.25) is 4.79 Å². The van der Waals surface area contributed by atoms with Gasteiger partial charge in [0.25, 0.3) is 9.84 Å². The number of carbonyl (C=O) groups excluding carboxylic acids is 1. The Hall–Kier alpha value is -1.42. The first-order valence-electron chi connectivity index (χ1n) is 5.85. The molecule has 0 aliphatic carbocycles. The second-order valence-corrected chi connectivity index (χ2v) is 10.2. The number of hydrogen-bond acceptors (Lipinski definition) is 5. The SMILES string of the molecule is CC(C)(S(=O)(=O)CC(=O)c1ccccc1)S(=O)(=O)C(F)(F)F. The highest BCUT2D eigenvalue weighted by Crippen LogP contribution is 2.37. The molecule has 1 aromatic carbocycles. The molecule has 0 N–H and O–H groups in total. The van der Waals surface area contributed by atoms with Gasteiger partial charge in [-0.1, -0.05) is 30.3 Å². The first kappa shape index (κ1) is 18.6. The van der Waals surface area contributed by atoms with Crippen LogP contribution in [0.25, 0.3) is 0 Å². The number of carbonyl (C=O) groups is 1. The summed E-state index contributed by atoms with van der Waals surface area (Å²) in [6.45, 7) is 0.840. The van der Waals surface area contributed by atoms with Gasteiger partial charge >= 0.3 is 5.51 Å². The van der Waals surface area contributed by atoms with Crippen molar-refractivity contribution in [3.05, 3.63) is 35.9 Å². The Kier molecular flexibility index (Phi) is 4.79. The fourth-order valence-corrected chi connectivity index (χ4v) is 4.71. The van der Waals surface area contributed by atoms with Crippen LogP contribution in [0.1, 0.15) is 24.2 Å². The van der Waals surface area contributed by atoms with E-state index < -0.39 is 40.8 Å². The highest BCUT2D eigenvalue weighted by molar-refractivity contribution is 8.10. The van der Waals surface area contributed by atoms with E-state index >= 15 is 0 Å². The molecule has 0 unspecified atom stereocenters. The number of sulfone groups is 2. The zero-order valence-electron chi connectivity index (χ0n) is 11.6. The molecule has 0 saturated heterocycles. The van der Waals surface area contributed by atoms with E-state index in [9.17, 15) is 34.8 Å². The minimum atomic E-state index is -6.00. The summed E-state index contributed by atoms with van der Waals surface area (Å²) in [6, 6.07) is 7.00. The minimum Gasteiger partial charge on any atom is -0.293 e. The van der Waals surface area contributed by atoms with Gasteiger partial charge in [0, 0.05) is 5.56 Å². The molecular formula is C12H13F3O5S2. The average Bonchev–Trinajstić information content (AvgIpc) is 2.37. The van der Waals surface area contributed by atoms with E-state index in [0.29, 0.717) is 13.8 Å². The molecule has 0 amide bonds. The van der Waals surface area contributed by atoms with E-state index in [1.807, 2.05) is 0 Å². The van der Waals surface area contributed by atoms with Crippen LogP contribution in [0.2, 0.25) is 0 Å². The van der Waals surface area contributed by atoms with Gasteiger partial charge in [-0.2, -0.15) is 13.2 Å². The third-order valence-electron chi connectivity index (χ3n) is 3.12. The molecule has 0 spiro atoms. The van der Waals surface area contributed by atoms with Crippen LogP contribution in [0, 0.1) is 0 Å². The number of rotatable bonds is 5. The molecule has 1 aromatic rings. The van der Waals surface area contributed by atoms with Crippen LogP contribution in [0.4, 0.5) is 13.2 Å². The van der Waals surface area contributed by atoms with Crippen molar-refractivity contribution in [3.8, 4) is 0 Å². The van der Waals surface area contributed by atoms with E-state index in [1.54, 1.807) is 6.07 Å². The van der Waals surface area contributed by atoms with Crippen molar-refractivity contribution in [2.45, 2.75) is 23.4 Å². The fraction of sp³-hybridized carbons (Fsp3) is 0.417. The molecule has 0 aromatic heterocycles. The fourth-order valence-electron chi connectivity index (χ4n) is 1.50. The maximum atomic E-state index is 12.6. The van der Waals surface area contributed by atoms with Crippen LogP contribution in [0.3, 0.4) is 0 Å². The summed E-state index contributed by atoms with van der Waals surface area (Å²) < 4.78 is 81.5. The van der Waals surface area contributed by atoms with E-state index in [2.05, 4.69) is 0 Å². The van der Waals surface area contributed by atoms with E-state index in [4.69, 9.17) is 0 Å². The zero-order valence-corrected chi connectivity index (χ0v) is 13.2. The summed E-state index contributed by atoms with van der Waals surface area (Å²) in [5.74, 6) is -2.31. The van der Waals surface area contributed by atoms with Crippen LogP contribution in [0.15, 0.2) is 30.3 Å². The molecular weight excluding hydrogens is 345 g/mol. The predicted molar refractivity (Wildman–Crippen MR) is 73.6 cm³/mol. The molecule has 10 heteroatoms. The summed E-state index contributed by atoms with van der Waals surface area (Å²) in [7, 11) is -10.9. The first-order valence-corrected chi connectivity index (χ1v) is 8.99. The normalized spacial score (nSPS) is 13.9. The lowest BCUT2D eigenvalue weighted by molar-refractivity contribution is -0.0446. The average molecular weight is 358 g/mol. The van der Waals surface area contributed by atoms with Crippen molar-refractivity contribution >= 4 is 25.5 Å². The molecule has 0 aliphatic heterocycles. The van der Waals surface area contributed by atoms with Crippen LogP contribution in [-0.2, 0) is 19.7 Å². The summed E-state index contributed by atoms with van der Waals surface area (Å²) in [5, 5.41) is 0. The van der Waals surface area contributed by atoms with Gasteiger partial charge in [0.15, 0.2) is 19.7 Å². The molecule has 0 atom stereocenters. The summed E-state index contributed by atoms with van der Waals surface area (Å²) in [6.07, 6.45) is 0. The molecule has 0 radical (unpaired) electrons. The number of halogens is 3. The van der Waals surface area contributed by atoms with Gasteiger partial charge in [-0.25, -0.2) is 16.8 Å². The molecule has 0 bridgehead atoms. The molecule has 5 nitrogen and oxygen atoms in total. The van der Waals surface area contributed by atoms with Crippen LogP contribution in [-0.4, -0.2) is 38.0 Å². The maximum Gasteiger partial charge on any atom is 0.498 e. The lowest BCUT2D eigenvalue weighted by atomic mass is 10.2. The van der Waals surface area contributed by atoms with Crippen molar-refractivity contribution in [2.24, 2.45) is 0 Å². The highest BCUT2D eigenvalue weighted by atomic mass is 32.3. The van der Waals surface area contributed by atoms with E-state index in [1.165, 1.54) is 24.3 Å². The molecule has 0 heterocycles. The Bertz CT molecular complexity index is 763. The lowest BCUT2D eigenvalue weighted by Gasteiger charge is -2.25. The van der Waals surface area contributed by atoms with Gasteiger partial charge in [-0.05, 0) is 13.8 Å². The Morgan fingerprint density at radius 2 is 1.45 bits per heavy atom. The van der Waals surface area contributed by atoms with Crippen molar-refractivity contribution in [2.75, 3.05) is 5.75 Å². The second-order valence-electron chi connectivity index (χ2n) is 4.90. The van der Waals surface area contributed by atoms with Gasteiger partial charge in [-0.15, -0.1) is 0 Å². The highest BCUT2D eigenvalue weighted by Gasteiger charge is 2.61. The number of benzene rings is 1. The molecule has 0 saturated carbocycles. The van der Waals surface area contributed by atoms with Crippen molar-refractivity contribution in [3.63, 3.8) is 0 Å². The summed E-state index contributed by atoms with van der Waals surface area (Å²) >= 11 is 0. The molecule has 0 aliphatic rings. The lowest BCUT2D eigenvalue weighted by Crippen LogP contribution is -2.49. The zero-order chi connectivity index (χ0) is 17.4. The Morgan fingerprint density at radius 1 is 1.00 bits per heavy atom. The topological polar surface area (TPSA) is 85.3 Å². The molecule has 1 rings (SSSR count). The standard InChI is InChI=1S/C12H13F3O5S2/c1-11(2,22(19,20)12(13,14)15)21(17,18)8-10(16)9-6-4-3-5-7-9/h3-7H,8H2,1-2H3. The second kappa shape index (κ2) is 5.65. The van der Waals surface area contributed by atoms with E-state index in [0.717, 1.165) is 0 Å². The van der Waals surface area contributed by atoms with Crippen LogP contribution >= 0.6 is 0 Å². The Balaban J connectivity index is 3.22. The van der Waals surface area contributed by atoms with Crippen LogP contribution in [0.5, 0.6) is 0 Å². The first-order chi connectivity index (χ1) is 9.74. The Labute approximate surface area is 126 Å².